The Bertz CT molecular complexity index is 1170. The van der Waals surface area contributed by atoms with Crippen LogP contribution in [-0.2, 0) is 9.59 Å². The smallest absolute Gasteiger partial charge is 0.245 e. The molecule has 5 rings (SSSR count). The van der Waals surface area contributed by atoms with Crippen molar-refractivity contribution in [3.8, 4) is 11.1 Å². The molecule has 1 aromatic heterocycles. The van der Waals surface area contributed by atoms with E-state index in [0.717, 1.165) is 48.1 Å². The molecule has 2 amide bonds. The number of halogens is 1. The molecule has 0 unspecified atom stereocenters. The van der Waals surface area contributed by atoms with Crippen molar-refractivity contribution in [2.24, 2.45) is 0 Å². The monoisotopic (exact) mass is 434 g/mol. The second kappa shape index (κ2) is 8.37. The van der Waals surface area contributed by atoms with Gasteiger partial charge < -0.3 is 14.8 Å². The average Bonchev–Trinajstić information content (AvgIpc) is 3.46. The van der Waals surface area contributed by atoms with Crippen LogP contribution in [0.25, 0.3) is 22.2 Å². The van der Waals surface area contributed by atoms with E-state index in [4.69, 9.17) is 4.98 Å². The van der Waals surface area contributed by atoms with Crippen molar-refractivity contribution in [2.75, 3.05) is 19.6 Å². The molecule has 3 heterocycles. The maximum atomic E-state index is 14.2. The van der Waals surface area contributed by atoms with Gasteiger partial charge >= 0.3 is 0 Å². The number of rotatable bonds is 3. The van der Waals surface area contributed by atoms with Crippen LogP contribution in [0.2, 0.25) is 0 Å². The summed E-state index contributed by atoms with van der Waals surface area (Å²) in [5.41, 5.74) is 3.14. The van der Waals surface area contributed by atoms with Crippen LogP contribution in [0.1, 0.15) is 44.3 Å². The molecule has 0 bridgehead atoms. The van der Waals surface area contributed by atoms with Crippen LogP contribution in [-0.4, -0.2) is 57.3 Å². The Morgan fingerprint density at radius 3 is 2.59 bits per heavy atom. The highest BCUT2D eigenvalue weighted by Crippen LogP contribution is 2.31. The van der Waals surface area contributed by atoms with Gasteiger partial charge in [-0.05, 0) is 49.4 Å². The molecule has 1 N–H and O–H groups in total. The number of carbonyl (C=O) groups is 2. The molecule has 32 heavy (non-hydrogen) atoms. The van der Waals surface area contributed by atoms with E-state index in [1.165, 1.54) is 13.0 Å². The topological polar surface area (TPSA) is 69.3 Å². The van der Waals surface area contributed by atoms with Crippen molar-refractivity contribution in [3.05, 3.63) is 54.1 Å². The lowest BCUT2D eigenvalue weighted by Crippen LogP contribution is -2.49. The highest BCUT2D eigenvalue weighted by Gasteiger charge is 2.36. The van der Waals surface area contributed by atoms with Gasteiger partial charge in [-0.15, -0.1) is 0 Å². The van der Waals surface area contributed by atoms with E-state index >= 15 is 0 Å². The van der Waals surface area contributed by atoms with Crippen LogP contribution in [0.5, 0.6) is 0 Å². The molecule has 2 aliphatic rings. The van der Waals surface area contributed by atoms with Gasteiger partial charge in [0.15, 0.2) is 0 Å². The summed E-state index contributed by atoms with van der Waals surface area (Å²) in [4.78, 5) is 36.6. The van der Waals surface area contributed by atoms with E-state index in [9.17, 15) is 14.0 Å². The molecular weight excluding hydrogens is 407 g/mol. The lowest BCUT2D eigenvalue weighted by atomic mass is 9.95. The molecule has 0 aliphatic carbocycles. The number of hydrogen-bond donors (Lipinski definition) is 1. The number of benzene rings is 2. The van der Waals surface area contributed by atoms with Crippen molar-refractivity contribution in [2.45, 2.75) is 44.6 Å². The van der Waals surface area contributed by atoms with Crippen molar-refractivity contribution in [3.63, 3.8) is 0 Å². The molecule has 0 spiro atoms. The van der Waals surface area contributed by atoms with Crippen LogP contribution in [0.15, 0.2) is 42.5 Å². The minimum atomic E-state index is -0.299. The fraction of sp³-hybridized carbons (Fsp3) is 0.400. The highest BCUT2D eigenvalue weighted by molar-refractivity contribution is 5.87. The second-order valence-corrected chi connectivity index (χ2v) is 8.80. The summed E-state index contributed by atoms with van der Waals surface area (Å²) >= 11 is 0. The van der Waals surface area contributed by atoms with Crippen LogP contribution in [0.3, 0.4) is 0 Å². The largest absolute Gasteiger partial charge is 0.342 e. The summed E-state index contributed by atoms with van der Waals surface area (Å²) in [6.07, 6.45) is 3.31. The van der Waals surface area contributed by atoms with Crippen molar-refractivity contribution in [1.82, 2.24) is 19.8 Å². The van der Waals surface area contributed by atoms with E-state index in [2.05, 4.69) is 4.98 Å². The van der Waals surface area contributed by atoms with E-state index < -0.39 is 0 Å². The maximum absolute atomic E-state index is 14.2. The van der Waals surface area contributed by atoms with Gasteiger partial charge in [-0.2, -0.15) is 0 Å². The van der Waals surface area contributed by atoms with Gasteiger partial charge in [0.05, 0.1) is 11.0 Å². The van der Waals surface area contributed by atoms with Crippen molar-refractivity contribution >= 4 is 22.8 Å². The molecule has 0 radical (unpaired) electrons. The third-order valence-electron chi connectivity index (χ3n) is 6.82. The molecule has 3 aromatic rings. The lowest BCUT2D eigenvalue weighted by molar-refractivity contribution is -0.143. The number of nitrogens with one attached hydrogen (secondary N) is 1. The molecule has 2 saturated heterocycles. The number of carbonyl (C=O) groups excluding carboxylic acids is 2. The van der Waals surface area contributed by atoms with Gasteiger partial charge in [0, 0.05) is 38.0 Å². The first kappa shape index (κ1) is 20.7. The summed E-state index contributed by atoms with van der Waals surface area (Å²) < 4.78 is 14.2. The van der Waals surface area contributed by atoms with Crippen LogP contribution in [0.4, 0.5) is 4.39 Å². The molecule has 2 fully saturated rings. The normalized spacial score (nSPS) is 19.6. The SMILES string of the molecule is CC(=O)N1CCC[C@@H]1C(=O)N1CCC(c2nc3ccc(-c4ccccc4F)cc3[nH]2)CC1. The van der Waals surface area contributed by atoms with Gasteiger partial charge in [-0.1, -0.05) is 24.3 Å². The first-order valence-electron chi connectivity index (χ1n) is 11.3. The molecule has 166 valence electrons. The number of hydrogen-bond acceptors (Lipinski definition) is 3. The summed E-state index contributed by atoms with van der Waals surface area (Å²) in [5.74, 6) is 0.983. The van der Waals surface area contributed by atoms with E-state index in [1.807, 2.05) is 29.2 Å². The third-order valence-corrected chi connectivity index (χ3v) is 6.82. The fourth-order valence-electron chi connectivity index (χ4n) is 5.07. The number of likely N-dealkylation sites (tertiary alicyclic amines) is 2. The maximum Gasteiger partial charge on any atom is 0.245 e. The summed E-state index contributed by atoms with van der Waals surface area (Å²) in [6, 6.07) is 12.2. The van der Waals surface area contributed by atoms with Gasteiger partial charge in [0.25, 0.3) is 0 Å². The molecular formula is C25H27FN4O2. The number of nitrogens with zero attached hydrogens (tertiary/aromatic N) is 3. The molecule has 7 heteroatoms. The third kappa shape index (κ3) is 3.76. The number of amides is 2. The number of fused-ring (bicyclic) bond motifs is 1. The average molecular weight is 435 g/mol. The first-order valence-corrected chi connectivity index (χ1v) is 11.3. The Labute approximate surface area is 186 Å². The molecule has 6 nitrogen and oxygen atoms in total. The zero-order valence-electron chi connectivity index (χ0n) is 18.2. The van der Waals surface area contributed by atoms with E-state index in [1.54, 1.807) is 17.0 Å². The number of imidazole rings is 1. The van der Waals surface area contributed by atoms with Gasteiger partial charge in [0.1, 0.15) is 17.7 Å². The van der Waals surface area contributed by atoms with Crippen LogP contribution >= 0.6 is 0 Å². The number of aromatic amines is 1. The number of piperidine rings is 1. The quantitative estimate of drug-likeness (QED) is 0.675. The molecule has 2 aliphatic heterocycles. The Kier molecular flexibility index (Phi) is 5.41. The molecule has 2 aromatic carbocycles. The zero-order chi connectivity index (χ0) is 22.2. The highest BCUT2D eigenvalue weighted by atomic mass is 19.1. The van der Waals surface area contributed by atoms with Gasteiger partial charge in [-0.3, -0.25) is 9.59 Å². The van der Waals surface area contributed by atoms with Crippen LogP contribution < -0.4 is 0 Å². The van der Waals surface area contributed by atoms with Gasteiger partial charge in [0.2, 0.25) is 11.8 Å². The number of aromatic nitrogens is 2. The van der Waals surface area contributed by atoms with Crippen molar-refractivity contribution in [1.29, 1.82) is 0 Å². The summed E-state index contributed by atoms with van der Waals surface area (Å²) in [6.45, 7) is 3.56. The minimum absolute atomic E-state index is 0.0206. The predicted molar refractivity (Wildman–Crippen MR) is 120 cm³/mol. The number of H-pyrrole nitrogens is 1. The van der Waals surface area contributed by atoms with E-state index in [-0.39, 0.29) is 29.6 Å². The molecule has 1 atom stereocenters. The van der Waals surface area contributed by atoms with Crippen molar-refractivity contribution < 1.29 is 14.0 Å². The fourth-order valence-corrected chi connectivity index (χ4v) is 5.07. The second-order valence-electron chi connectivity index (χ2n) is 8.80. The Morgan fingerprint density at radius 2 is 1.84 bits per heavy atom. The Morgan fingerprint density at radius 1 is 1.06 bits per heavy atom. The Hall–Kier alpha value is -3.22. The Balaban J connectivity index is 1.28. The summed E-state index contributed by atoms with van der Waals surface area (Å²) in [5, 5.41) is 0. The summed E-state index contributed by atoms with van der Waals surface area (Å²) in [7, 11) is 0. The standard InChI is InChI=1S/C25H27FN4O2/c1-16(31)30-12-4-7-23(30)25(32)29-13-10-17(11-14-29)24-27-21-9-8-18(15-22(21)28-24)19-5-2-3-6-20(19)26/h2-3,5-6,8-9,15,17,23H,4,7,10-14H2,1H3,(H,27,28)/t23-/m1/s1. The van der Waals surface area contributed by atoms with E-state index in [0.29, 0.717) is 25.2 Å². The first-order chi connectivity index (χ1) is 15.5. The molecule has 0 saturated carbocycles. The predicted octanol–water partition coefficient (Wildman–Crippen LogP) is 4.09. The minimum Gasteiger partial charge on any atom is -0.342 e. The lowest BCUT2D eigenvalue weighted by Gasteiger charge is -2.34. The zero-order valence-corrected chi connectivity index (χ0v) is 18.2. The van der Waals surface area contributed by atoms with Crippen LogP contribution in [0, 0.1) is 5.82 Å². The van der Waals surface area contributed by atoms with Gasteiger partial charge in [-0.25, -0.2) is 9.37 Å².